The highest BCUT2D eigenvalue weighted by Gasteiger charge is 2.08. The summed E-state index contributed by atoms with van der Waals surface area (Å²) < 4.78 is 25.3. The molecule has 3 rings (SSSR count). The van der Waals surface area contributed by atoms with Gasteiger partial charge in [-0.25, -0.2) is 13.9 Å². The highest BCUT2D eigenvalue weighted by Crippen LogP contribution is 2.15. The van der Waals surface area contributed by atoms with E-state index in [0.29, 0.717) is 0 Å². The molecule has 6 heteroatoms. The van der Waals surface area contributed by atoms with Gasteiger partial charge in [0.1, 0.15) is 6.61 Å². The second-order valence-corrected chi connectivity index (χ2v) is 5.00. The second-order valence-electron chi connectivity index (χ2n) is 5.00. The molecule has 2 aromatic carbocycles. The van der Waals surface area contributed by atoms with Crippen molar-refractivity contribution >= 4 is 5.97 Å². The van der Waals surface area contributed by atoms with Crippen LogP contribution in [0.15, 0.2) is 67.0 Å². The molecule has 0 atom stereocenters. The Balaban J connectivity index is 1.48. The molecule has 0 saturated heterocycles. The lowest BCUT2D eigenvalue weighted by atomic mass is 10.2. The zero-order chi connectivity index (χ0) is 16.8. The van der Waals surface area contributed by atoms with Crippen LogP contribution in [0.3, 0.4) is 0 Å². The van der Waals surface area contributed by atoms with Crippen molar-refractivity contribution in [2.24, 2.45) is 0 Å². The Kier molecular flexibility index (Phi) is 4.86. The average molecular weight is 326 g/mol. The minimum absolute atomic E-state index is 0.0259. The molecular formula is C18H15FN2O3. The van der Waals surface area contributed by atoms with Gasteiger partial charge in [0.25, 0.3) is 0 Å². The number of hydrogen-bond donors (Lipinski definition) is 0. The van der Waals surface area contributed by atoms with Crippen LogP contribution in [0.25, 0.3) is 5.69 Å². The van der Waals surface area contributed by atoms with Crippen LogP contribution in [0.1, 0.15) is 5.56 Å². The molecule has 0 amide bonds. The van der Waals surface area contributed by atoms with Gasteiger partial charge in [0.05, 0.1) is 5.69 Å². The van der Waals surface area contributed by atoms with E-state index >= 15 is 0 Å². The van der Waals surface area contributed by atoms with Crippen molar-refractivity contribution in [2.45, 2.75) is 6.61 Å². The molecule has 0 fully saturated rings. The Bertz CT molecular complexity index is 801. The van der Waals surface area contributed by atoms with E-state index in [2.05, 4.69) is 5.10 Å². The number of rotatable bonds is 6. The Morgan fingerprint density at radius 1 is 1.08 bits per heavy atom. The predicted octanol–water partition coefficient (Wildman–Crippen LogP) is 3.13. The number of ether oxygens (including phenoxy) is 2. The average Bonchev–Trinajstić information content (AvgIpc) is 3.14. The lowest BCUT2D eigenvalue weighted by Gasteiger charge is -2.08. The third-order valence-electron chi connectivity index (χ3n) is 3.29. The van der Waals surface area contributed by atoms with Gasteiger partial charge in [-0.05, 0) is 35.9 Å². The Hall–Kier alpha value is -3.15. The number of esters is 1. The van der Waals surface area contributed by atoms with Crippen molar-refractivity contribution in [3.05, 3.63) is 78.4 Å². The monoisotopic (exact) mass is 326 g/mol. The van der Waals surface area contributed by atoms with Gasteiger partial charge >= 0.3 is 5.97 Å². The molecule has 0 saturated carbocycles. The normalized spacial score (nSPS) is 10.4. The molecule has 3 aromatic rings. The lowest BCUT2D eigenvalue weighted by Crippen LogP contribution is -2.15. The van der Waals surface area contributed by atoms with E-state index in [4.69, 9.17) is 9.47 Å². The molecule has 5 nitrogen and oxygen atoms in total. The van der Waals surface area contributed by atoms with Gasteiger partial charge in [0.15, 0.2) is 18.2 Å². The summed E-state index contributed by atoms with van der Waals surface area (Å²) in [6.07, 6.45) is 3.54. The molecule has 1 heterocycles. The molecule has 1 aromatic heterocycles. The molecule has 0 aliphatic carbocycles. The minimum Gasteiger partial charge on any atom is -0.479 e. The van der Waals surface area contributed by atoms with Crippen LogP contribution in [0.5, 0.6) is 5.75 Å². The number of halogens is 1. The summed E-state index contributed by atoms with van der Waals surface area (Å²) in [5.41, 5.74) is 1.75. The zero-order valence-corrected chi connectivity index (χ0v) is 12.8. The number of para-hydroxylation sites is 1. The first-order valence-electron chi connectivity index (χ1n) is 7.34. The van der Waals surface area contributed by atoms with Crippen LogP contribution in [0, 0.1) is 5.82 Å². The number of nitrogens with zero attached hydrogens (tertiary/aromatic N) is 2. The van der Waals surface area contributed by atoms with Crippen LogP contribution in [0.2, 0.25) is 0 Å². The third kappa shape index (κ3) is 3.98. The van der Waals surface area contributed by atoms with Crippen molar-refractivity contribution in [3.8, 4) is 11.4 Å². The summed E-state index contributed by atoms with van der Waals surface area (Å²) in [6.45, 7) is -0.217. The number of carbonyl (C=O) groups excluding carboxylic acids is 1. The van der Waals surface area contributed by atoms with Gasteiger partial charge in [0, 0.05) is 12.4 Å². The second kappa shape index (κ2) is 7.41. The van der Waals surface area contributed by atoms with Gasteiger partial charge in [-0.1, -0.05) is 24.3 Å². The highest BCUT2D eigenvalue weighted by atomic mass is 19.1. The smallest absolute Gasteiger partial charge is 0.344 e. The first-order valence-corrected chi connectivity index (χ1v) is 7.34. The van der Waals surface area contributed by atoms with Crippen LogP contribution >= 0.6 is 0 Å². The van der Waals surface area contributed by atoms with Crippen LogP contribution in [-0.4, -0.2) is 22.4 Å². The number of benzene rings is 2. The first kappa shape index (κ1) is 15.7. The van der Waals surface area contributed by atoms with E-state index in [1.54, 1.807) is 23.0 Å². The Morgan fingerprint density at radius 3 is 2.58 bits per heavy atom. The van der Waals surface area contributed by atoms with Crippen molar-refractivity contribution < 1.29 is 18.7 Å². The Labute approximate surface area is 138 Å². The number of hydrogen-bond acceptors (Lipinski definition) is 4. The summed E-state index contributed by atoms with van der Waals surface area (Å²) in [5.74, 6) is -1.05. The summed E-state index contributed by atoms with van der Waals surface area (Å²) in [5, 5.41) is 4.13. The number of aromatic nitrogens is 2. The van der Waals surface area contributed by atoms with Crippen molar-refractivity contribution in [1.82, 2.24) is 9.78 Å². The first-order chi connectivity index (χ1) is 11.7. The molecule has 0 aliphatic rings. The molecule has 0 N–H and O–H groups in total. The fourth-order valence-corrected chi connectivity index (χ4v) is 2.07. The highest BCUT2D eigenvalue weighted by molar-refractivity contribution is 5.71. The fraction of sp³-hybridized carbons (Fsp3) is 0.111. The van der Waals surface area contributed by atoms with Gasteiger partial charge in [-0.15, -0.1) is 0 Å². The van der Waals surface area contributed by atoms with Crippen molar-refractivity contribution in [2.75, 3.05) is 6.61 Å². The van der Waals surface area contributed by atoms with E-state index in [0.717, 1.165) is 11.3 Å². The van der Waals surface area contributed by atoms with Crippen LogP contribution in [0.4, 0.5) is 4.39 Å². The summed E-state index contributed by atoms with van der Waals surface area (Å²) in [4.78, 5) is 11.7. The molecule has 0 aliphatic heterocycles. The van der Waals surface area contributed by atoms with Crippen LogP contribution < -0.4 is 4.74 Å². The molecule has 0 unspecified atom stereocenters. The van der Waals surface area contributed by atoms with E-state index in [9.17, 15) is 9.18 Å². The minimum atomic E-state index is -0.561. The maximum atomic E-state index is 13.4. The molecule has 24 heavy (non-hydrogen) atoms. The Morgan fingerprint density at radius 2 is 1.88 bits per heavy atom. The summed E-state index contributed by atoms with van der Waals surface area (Å²) in [6, 6.07) is 15.2. The zero-order valence-electron chi connectivity index (χ0n) is 12.8. The predicted molar refractivity (Wildman–Crippen MR) is 85.3 cm³/mol. The summed E-state index contributed by atoms with van der Waals surface area (Å²) in [7, 11) is 0. The van der Waals surface area contributed by atoms with Crippen molar-refractivity contribution in [1.29, 1.82) is 0 Å². The standard InChI is InChI=1S/C18H15FN2O3/c19-16-4-1-2-5-17(16)23-13-18(22)24-12-14-6-8-15(9-7-14)21-11-3-10-20-21/h1-11H,12-13H2. The topological polar surface area (TPSA) is 53.4 Å². The van der Waals surface area contributed by atoms with Gasteiger partial charge in [-0.3, -0.25) is 0 Å². The van der Waals surface area contributed by atoms with Crippen molar-refractivity contribution in [3.63, 3.8) is 0 Å². The SMILES string of the molecule is O=C(COc1ccccc1F)OCc1ccc(-n2cccn2)cc1. The van der Waals surface area contributed by atoms with Crippen LogP contribution in [-0.2, 0) is 16.1 Å². The fourth-order valence-electron chi connectivity index (χ4n) is 2.07. The largest absolute Gasteiger partial charge is 0.479 e. The van der Waals surface area contributed by atoms with E-state index in [1.807, 2.05) is 36.5 Å². The molecule has 0 radical (unpaired) electrons. The van der Waals surface area contributed by atoms with E-state index in [-0.39, 0.29) is 19.0 Å². The quantitative estimate of drug-likeness (QED) is 0.653. The van der Waals surface area contributed by atoms with E-state index < -0.39 is 11.8 Å². The van der Waals surface area contributed by atoms with E-state index in [1.165, 1.54) is 12.1 Å². The summed E-state index contributed by atoms with van der Waals surface area (Å²) >= 11 is 0. The maximum absolute atomic E-state index is 13.4. The lowest BCUT2D eigenvalue weighted by molar-refractivity contribution is -0.147. The number of carbonyl (C=O) groups is 1. The molecule has 122 valence electrons. The van der Waals surface area contributed by atoms with Gasteiger partial charge < -0.3 is 9.47 Å². The maximum Gasteiger partial charge on any atom is 0.344 e. The van der Waals surface area contributed by atoms with Gasteiger partial charge in [-0.2, -0.15) is 5.10 Å². The molecule has 0 bridgehead atoms. The molecule has 0 spiro atoms. The van der Waals surface area contributed by atoms with Gasteiger partial charge in [0.2, 0.25) is 0 Å². The third-order valence-corrected chi connectivity index (χ3v) is 3.29. The molecular weight excluding hydrogens is 311 g/mol.